The number of likely N-dealkylation sites (tertiary alicyclic amines) is 1. The molecule has 0 aliphatic carbocycles. The standard InChI is InChI=1S/C14H20N2O2.ClH/c15-12-3-5-16(6-4-12)10-11-1-2-13-14(9-11)18-8-7-17-13;/h1-2,9,12H,3-8,10,15H2;1H. The molecule has 2 heterocycles. The van der Waals surface area contributed by atoms with Crippen molar-refractivity contribution in [2.24, 2.45) is 5.73 Å². The second-order valence-electron chi connectivity index (χ2n) is 5.09. The summed E-state index contributed by atoms with van der Waals surface area (Å²) in [5.41, 5.74) is 7.21. The minimum atomic E-state index is 0. The highest BCUT2D eigenvalue weighted by molar-refractivity contribution is 5.85. The highest BCUT2D eigenvalue weighted by Gasteiger charge is 2.17. The summed E-state index contributed by atoms with van der Waals surface area (Å²) < 4.78 is 11.1. The molecule has 0 aromatic heterocycles. The number of piperidine rings is 1. The minimum absolute atomic E-state index is 0. The highest BCUT2D eigenvalue weighted by Crippen LogP contribution is 2.31. The Morgan fingerprint density at radius 3 is 2.53 bits per heavy atom. The number of ether oxygens (including phenoxy) is 2. The molecule has 0 amide bonds. The third-order valence-electron chi connectivity index (χ3n) is 3.65. The van der Waals surface area contributed by atoms with Gasteiger partial charge in [-0.3, -0.25) is 4.90 Å². The van der Waals surface area contributed by atoms with Crippen molar-refractivity contribution in [3.63, 3.8) is 0 Å². The fourth-order valence-corrected chi connectivity index (χ4v) is 2.56. The van der Waals surface area contributed by atoms with Crippen molar-refractivity contribution < 1.29 is 9.47 Å². The van der Waals surface area contributed by atoms with E-state index in [1.807, 2.05) is 6.07 Å². The van der Waals surface area contributed by atoms with Crippen molar-refractivity contribution >= 4 is 12.4 Å². The van der Waals surface area contributed by atoms with E-state index in [-0.39, 0.29) is 12.4 Å². The second kappa shape index (κ2) is 6.46. The molecule has 3 rings (SSSR count). The first-order chi connectivity index (χ1) is 8.81. The molecular weight excluding hydrogens is 264 g/mol. The summed E-state index contributed by atoms with van der Waals surface area (Å²) in [6.07, 6.45) is 2.20. The van der Waals surface area contributed by atoms with Crippen molar-refractivity contribution in [3.8, 4) is 11.5 Å². The van der Waals surface area contributed by atoms with E-state index in [0.29, 0.717) is 19.3 Å². The molecule has 4 nitrogen and oxygen atoms in total. The maximum absolute atomic E-state index is 5.92. The SMILES string of the molecule is Cl.NC1CCN(Cc2ccc3c(c2)OCCO3)CC1. The molecule has 1 aromatic rings. The van der Waals surface area contributed by atoms with Crippen LogP contribution in [0.1, 0.15) is 18.4 Å². The van der Waals surface area contributed by atoms with Gasteiger partial charge in [0.2, 0.25) is 0 Å². The summed E-state index contributed by atoms with van der Waals surface area (Å²) in [4.78, 5) is 2.45. The fourth-order valence-electron chi connectivity index (χ4n) is 2.56. The first-order valence-corrected chi connectivity index (χ1v) is 6.68. The van der Waals surface area contributed by atoms with Gasteiger partial charge in [-0.25, -0.2) is 0 Å². The average Bonchev–Trinajstić information content (AvgIpc) is 2.41. The number of nitrogens with zero attached hydrogens (tertiary/aromatic N) is 1. The van der Waals surface area contributed by atoms with Gasteiger partial charge in [0.15, 0.2) is 11.5 Å². The van der Waals surface area contributed by atoms with Gasteiger partial charge in [0.05, 0.1) is 0 Å². The summed E-state index contributed by atoms with van der Waals surface area (Å²) in [7, 11) is 0. The van der Waals surface area contributed by atoms with E-state index in [4.69, 9.17) is 15.2 Å². The first-order valence-electron chi connectivity index (χ1n) is 6.68. The largest absolute Gasteiger partial charge is 0.486 e. The predicted molar refractivity (Wildman–Crippen MR) is 77.2 cm³/mol. The molecule has 1 saturated heterocycles. The van der Waals surface area contributed by atoms with Gasteiger partial charge in [-0.1, -0.05) is 6.07 Å². The second-order valence-corrected chi connectivity index (χ2v) is 5.09. The molecule has 5 heteroatoms. The van der Waals surface area contributed by atoms with Crippen molar-refractivity contribution in [1.29, 1.82) is 0 Å². The molecule has 0 radical (unpaired) electrons. The zero-order chi connectivity index (χ0) is 12.4. The van der Waals surface area contributed by atoms with E-state index < -0.39 is 0 Å². The number of hydrogen-bond acceptors (Lipinski definition) is 4. The Morgan fingerprint density at radius 2 is 1.79 bits per heavy atom. The number of fused-ring (bicyclic) bond motifs is 1. The Morgan fingerprint density at radius 1 is 1.11 bits per heavy atom. The van der Waals surface area contributed by atoms with Crippen LogP contribution >= 0.6 is 12.4 Å². The zero-order valence-corrected chi connectivity index (χ0v) is 11.8. The van der Waals surface area contributed by atoms with Crippen LogP contribution in [0.2, 0.25) is 0 Å². The molecular formula is C14H21ClN2O2. The van der Waals surface area contributed by atoms with Gasteiger partial charge in [-0.05, 0) is 43.6 Å². The van der Waals surface area contributed by atoms with Crippen LogP contribution < -0.4 is 15.2 Å². The molecule has 0 atom stereocenters. The molecule has 0 saturated carbocycles. The predicted octanol–water partition coefficient (Wildman–Crippen LogP) is 1.80. The molecule has 2 aliphatic heterocycles. The van der Waals surface area contributed by atoms with E-state index in [9.17, 15) is 0 Å². The lowest BCUT2D eigenvalue weighted by molar-refractivity contribution is 0.170. The molecule has 2 N–H and O–H groups in total. The molecule has 0 bridgehead atoms. The average molecular weight is 285 g/mol. The minimum Gasteiger partial charge on any atom is -0.486 e. The monoisotopic (exact) mass is 284 g/mol. The lowest BCUT2D eigenvalue weighted by Gasteiger charge is -2.30. The van der Waals surface area contributed by atoms with E-state index in [0.717, 1.165) is 44.0 Å². The quantitative estimate of drug-likeness (QED) is 0.900. The van der Waals surface area contributed by atoms with Crippen LogP contribution in [0.3, 0.4) is 0 Å². The van der Waals surface area contributed by atoms with Gasteiger partial charge in [0, 0.05) is 12.6 Å². The van der Waals surface area contributed by atoms with Gasteiger partial charge in [-0.15, -0.1) is 12.4 Å². The topological polar surface area (TPSA) is 47.7 Å². The van der Waals surface area contributed by atoms with Crippen molar-refractivity contribution in [2.75, 3.05) is 26.3 Å². The third kappa shape index (κ3) is 3.53. The van der Waals surface area contributed by atoms with Crippen LogP contribution in [0, 0.1) is 0 Å². The lowest BCUT2D eigenvalue weighted by Crippen LogP contribution is -2.39. The fraction of sp³-hybridized carbons (Fsp3) is 0.571. The third-order valence-corrected chi connectivity index (χ3v) is 3.65. The summed E-state index contributed by atoms with van der Waals surface area (Å²) in [5.74, 6) is 1.75. The van der Waals surface area contributed by atoms with Crippen LogP contribution in [0.5, 0.6) is 11.5 Å². The molecule has 106 valence electrons. The molecule has 1 aromatic carbocycles. The maximum Gasteiger partial charge on any atom is 0.161 e. The molecule has 19 heavy (non-hydrogen) atoms. The van der Waals surface area contributed by atoms with Crippen LogP contribution in [0.25, 0.3) is 0 Å². The summed E-state index contributed by atoms with van der Waals surface area (Å²) in [6.45, 7) is 4.46. The Balaban J connectivity index is 0.00000133. The number of halogens is 1. The molecule has 0 unspecified atom stereocenters. The normalized spacial score (nSPS) is 19.8. The van der Waals surface area contributed by atoms with Crippen LogP contribution in [0.4, 0.5) is 0 Å². The molecule has 2 aliphatic rings. The lowest BCUT2D eigenvalue weighted by atomic mass is 10.1. The summed E-state index contributed by atoms with van der Waals surface area (Å²) in [6, 6.07) is 6.63. The van der Waals surface area contributed by atoms with Gasteiger partial charge < -0.3 is 15.2 Å². The van der Waals surface area contributed by atoms with E-state index in [2.05, 4.69) is 17.0 Å². The van der Waals surface area contributed by atoms with E-state index in [1.165, 1.54) is 5.56 Å². The number of nitrogens with two attached hydrogens (primary N) is 1. The van der Waals surface area contributed by atoms with Crippen molar-refractivity contribution in [2.45, 2.75) is 25.4 Å². The first kappa shape index (κ1) is 14.4. The van der Waals surface area contributed by atoms with Gasteiger partial charge in [0.1, 0.15) is 13.2 Å². The Kier molecular flexibility index (Phi) is 4.91. The molecule has 0 spiro atoms. The van der Waals surface area contributed by atoms with Crippen molar-refractivity contribution in [3.05, 3.63) is 23.8 Å². The summed E-state index contributed by atoms with van der Waals surface area (Å²) >= 11 is 0. The number of benzene rings is 1. The summed E-state index contributed by atoms with van der Waals surface area (Å²) in [5, 5.41) is 0. The van der Waals surface area contributed by atoms with Gasteiger partial charge in [-0.2, -0.15) is 0 Å². The van der Waals surface area contributed by atoms with Gasteiger partial charge in [0.25, 0.3) is 0 Å². The Hall–Kier alpha value is -0.970. The van der Waals surface area contributed by atoms with E-state index in [1.54, 1.807) is 0 Å². The number of rotatable bonds is 2. The van der Waals surface area contributed by atoms with E-state index >= 15 is 0 Å². The van der Waals surface area contributed by atoms with Crippen LogP contribution in [0.15, 0.2) is 18.2 Å². The maximum atomic E-state index is 5.92. The van der Waals surface area contributed by atoms with Crippen LogP contribution in [-0.4, -0.2) is 37.2 Å². The highest BCUT2D eigenvalue weighted by atomic mass is 35.5. The number of hydrogen-bond donors (Lipinski definition) is 1. The van der Waals surface area contributed by atoms with Crippen molar-refractivity contribution in [1.82, 2.24) is 4.90 Å². The zero-order valence-electron chi connectivity index (χ0n) is 11.0. The molecule has 1 fully saturated rings. The Bertz CT molecular complexity index is 420. The Labute approximate surface area is 120 Å². The van der Waals surface area contributed by atoms with Gasteiger partial charge >= 0.3 is 0 Å². The smallest absolute Gasteiger partial charge is 0.161 e. The van der Waals surface area contributed by atoms with Crippen LogP contribution in [-0.2, 0) is 6.54 Å².